The number of piperidine rings is 1. The molecule has 0 saturated carbocycles. The second-order valence-corrected chi connectivity index (χ2v) is 6.44. The molecule has 1 heterocycles. The topological polar surface area (TPSA) is 37.4 Å². The number of hydrogen-bond acceptors (Lipinski definition) is 3. The smallest absolute Gasteiger partial charge is 0.169 e. The molecule has 1 saturated heterocycles. The average molecular weight is 361 g/mol. The molecule has 3 nitrogen and oxygen atoms in total. The molecule has 0 N–H and O–H groups in total. The van der Waals surface area contributed by atoms with Gasteiger partial charge >= 0.3 is 0 Å². The van der Waals surface area contributed by atoms with Crippen LogP contribution in [0.15, 0.2) is 36.4 Å². The lowest BCUT2D eigenvalue weighted by molar-refractivity contribution is 0.0894. The first kappa shape index (κ1) is 18.2. The maximum absolute atomic E-state index is 14.0. The van der Waals surface area contributed by atoms with Crippen LogP contribution in [-0.4, -0.2) is 24.7 Å². The highest BCUT2D eigenvalue weighted by atomic mass is 19.1. The van der Waals surface area contributed by atoms with E-state index in [2.05, 4.69) is 0 Å². The van der Waals surface area contributed by atoms with Gasteiger partial charge in [0.25, 0.3) is 0 Å². The molecule has 0 spiro atoms. The average Bonchev–Trinajstić information content (AvgIpc) is 2.62. The predicted octanol–water partition coefficient (Wildman–Crippen LogP) is 4.41. The summed E-state index contributed by atoms with van der Waals surface area (Å²) < 4.78 is 41.1. The molecule has 0 bridgehead atoms. The van der Waals surface area contributed by atoms with Gasteiger partial charge in [0, 0.05) is 19.0 Å². The van der Waals surface area contributed by atoms with Crippen LogP contribution in [0, 0.1) is 23.4 Å². The van der Waals surface area contributed by atoms with E-state index >= 15 is 0 Å². The van der Waals surface area contributed by atoms with Gasteiger partial charge in [0.05, 0.1) is 16.8 Å². The van der Waals surface area contributed by atoms with E-state index in [1.165, 1.54) is 19.1 Å². The number of nitrogens with zero attached hydrogens (tertiary/aromatic N) is 1. The van der Waals surface area contributed by atoms with Crippen LogP contribution in [0.3, 0.4) is 0 Å². The number of Topliss-reactive ketones (excluding diaryl/α,β-unsaturated/α-hetero) is 2. The van der Waals surface area contributed by atoms with Crippen LogP contribution in [0.5, 0.6) is 0 Å². The van der Waals surface area contributed by atoms with Gasteiger partial charge in [-0.05, 0) is 50.1 Å². The molecule has 0 unspecified atom stereocenters. The van der Waals surface area contributed by atoms with E-state index in [1.807, 2.05) is 4.90 Å². The zero-order valence-electron chi connectivity index (χ0n) is 14.3. The summed E-state index contributed by atoms with van der Waals surface area (Å²) in [7, 11) is 0. The van der Waals surface area contributed by atoms with Gasteiger partial charge in [-0.1, -0.05) is 6.07 Å². The third-order valence-corrected chi connectivity index (χ3v) is 4.74. The SMILES string of the molecule is CC(=O)c1c(F)cccc1N1CCC(C(=O)c2cc(F)ccc2F)CC1. The number of rotatable bonds is 4. The van der Waals surface area contributed by atoms with E-state index in [9.17, 15) is 22.8 Å². The van der Waals surface area contributed by atoms with Gasteiger partial charge in [-0.15, -0.1) is 0 Å². The molecule has 1 aliphatic heterocycles. The lowest BCUT2D eigenvalue weighted by Gasteiger charge is -2.34. The fourth-order valence-corrected chi connectivity index (χ4v) is 3.41. The van der Waals surface area contributed by atoms with E-state index in [1.54, 1.807) is 6.07 Å². The van der Waals surface area contributed by atoms with E-state index in [-0.39, 0.29) is 16.9 Å². The summed E-state index contributed by atoms with van der Waals surface area (Å²) in [6.07, 6.45) is 0.839. The zero-order chi connectivity index (χ0) is 18.8. The molecule has 2 aromatic carbocycles. The number of benzene rings is 2. The van der Waals surface area contributed by atoms with Crippen LogP contribution in [0.1, 0.15) is 40.5 Å². The summed E-state index contributed by atoms with van der Waals surface area (Å²) in [6, 6.07) is 7.30. The molecule has 6 heteroatoms. The second kappa shape index (κ2) is 7.32. The standard InChI is InChI=1S/C20H18F3NO2/c1-12(25)19-17(23)3-2-4-18(19)24-9-7-13(8-10-24)20(26)15-11-14(21)5-6-16(15)22/h2-6,11,13H,7-10H2,1H3. The minimum atomic E-state index is -0.733. The van der Waals surface area contributed by atoms with Crippen molar-refractivity contribution in [1.82, 2.24) is 0 Å². The fraction of sp³-hybridized carbons (Fsp3) is 0.300. The molecule has 0 aromatic heterocycles. The van der Waals surface area contributed by atoms with Gasteiger partial charge < -0.3 is 4.90 Å². The van der Waals surface area contributed by atoms with Crippen LogP contribution >= 0.6 is 0 Å². The highest BCUT2D eigenvalue weighted by Crippen LogP contribution is 2.30. The lowest BCUT2D eigenvalue weighted by Crippen LogP contribution is -2.37. The number of anilines is 1. The summed E-state index contributed by atoms with van der Waals surface area (Å²) in [6.45, 7) is 2.17. The first-order valence-corrected chi connectivity index (χ1v) is 8.42. The highest BCUT2D eigenvalue weighted by Gasteiger charge is 2.29. The van der Waals surface area contributed by atoms with Crippen LogP contribution in [-0.2, 0) is 0 Å². The van der Waals surface area contributed by atoms with Gasteiger partial charge in [0.1, 0.15) is 17.5 Å². The molecule has 26 heavy (non-hydrogen) atoms. The molecule has 1 fully saturated rings. The summed E-state index contributed by atoms with van der Waals surface area (Å²) in [5.74, 6) is -3.18. The predicted molar refractivity (Wildman–Crippen MR) is 92.0 cm³/mol. The molecule has 2 aromatic rings. The number of ketones is 2. The van der Waals surface area contributed by atoms with Gasteiger partial charge in [-0.3, -0.25) is 9.59 Å². The molecular weight excluding hydrogens is 343 g/mol. The molecule has 0 radical (unpaired) electrons. The first-order valence-electron chi connectivity index (χ1n) is 8.42. The Hall–Kier alpha value is -2.63. The van der Waals surface area contributed by atoms with Crippen LogP contribution in [0.4, 0.5) is 18.9 Å². The summed E-state index contributed by atoms with van der Waals surface area (Å²) in [5.41, 5.74) is 0.299. The van der Waals surface area contributed by atoms with Gasteiger partial charge in [0.2, 0.25) is 0 Å². The van der Waals surface area contributed by atoms with E-state index in [0.717, 1.165) is 18.2 Å². The van der Waals surface area contributed by atoms with E-state index in [4.69, 9.17) is 0 Å². The number of hydrogen-bond donors (Lipinski definition) is 0. The van der Waals surface area contributed by atoms with Crippen molar-refractivity contribution in [1.29, 1.82) is 0 Å². The van der Waals surface area contributed by atoms with Crippen molar-refractivity contribution in [3.8, 4) is 0 Å². The fourth-order valence-electron chi connectivity index (χ4n) is 3.41. The Morgan fingerprint density at radius 3 is 2.35 bits per heavy atom. The maximum Gasteiger partial charge on any atom is 0.169 e. The van der Waals surface area contributed by atoms with Crippen molar-refractivity contribution in [2.24, 2.45) is 5.92 Å². The Morgan fingerprint density at radius 1 is 1.00 bits per heavy atom. The molecular formula is C20H18F3NO2. The summed E-state index contributed by atoms with van der Waals surface area (Å²) >= 11 is 0. The van der Waals surface area contributed by atoms with Crippen molar-refractivity contribution in [3.63, 3.8) is 0 Å². The monoisotopic (exact) mass is 361 g/mol. The lowest BCUT2D eigenvalue weighted by atomic mass is 9.88. The van der Waals surface area contributed by atoms with E-state index < -0.39 is 29.2 Å². The van der Waals surface area contributed by atoms with Gasteiger partial charge in [-0.2, -0.15) is 0 Å². The zero-order valence-corrected chi connectivity index (χ0v) is 14.3. The van der Waals surface area contributed by atoms with E-state index in [0.29, 0.717) is 31.6 Å². The Kier molecular flexibility index (Phi) is 5.11. The molecule has 0 amide bonds. The van der Waals surface area contributed by atoms with Crippen molar-refractivity contribution < 1.29 is 22.8 Å². The molecule has 0 atom stereocenters. The van der Waals surface area contributed by atoms with Crippen molar-refractivity contribution in [2.75, 3.05) is 18.0 Å². The summed E-state index contributed by atoms with van der Waals surface area (Å²) in [5, 5.41) is 0. The highest BCUT2D eigenvalue weighted by molar-refractivity contribution is 6.00. The molecule has 3 rings (SSSR count). The van der Waals surface area contributed by atoms with Crippen molar-refractivity contribution in [3.05, 3.63) is 65.0 Å². The number of halogens is 3. The number of carbonyl (C=O) groups excluding carboxylic acids is 2. The Labute approximate surface area is 149 Å². The third kappa shape index (κ3) is 3.49. The van der Waals surface area contributed by atoms with Crippen molar-refractivity contribution in [2.45, 2.75) is 19.8 Å². The Balaban J connectivity index is 1.76. The third-order valence-electron chi connectivity index (χ3n) is 4.74. The Bertz CT molecular complexity index is 858. The van der Waals surface area contributed by atoms with Crippen molar-refractivity contribution >= 4 is 17.3 Å². The summed E-state index contributed by atoms with van der Waals surface area (Å²) in [4.78, 5) is 26.1. The first-order chi connectivity index (χ1) is 12.4. The maximum atomic E-state index is 14.0. The van der Waals surface area contributed by atoms with Gasteiger partial charge in [-0.25, -0.2) is 13.2 Å². The quantitative estimate of drug-likeness (QED) is 0.757. The molecule has 0 aliphatic carbocycles. The molecule has 1 aliphatic rings. The normalized spacial score (nSPS) is 15.2. The second-order valence-electron chi connectivity index (χ2n) is 6.44. The van der Waals surface area contributed by atoms with Crippen LogP contribution in [0.2, 0.25) is 0 Å². The van der Waals surface area contributed by atoms with Crippen LogP contribution in [0.25, 0.3) is 0 Å². The molecule has 136 valence electrons. The minimum absolute atomic E-state index is 0.0356. The largest absolute Gasteiger partial charge is 0.371 e. The Morgan fingerprint density at radius 2 is 1.69 bits per heavy atom. The van der Waals surface area contributed by atoms with Crippen LogP contribution < -0.4 is 4.90 Å². The number of carbonyl (C=O) groups is 2. The minimum Gasteiger partial charge on any atom is -0.371 e. The van der Waals surface area contributed by atoms with Gasteiger partial charge in [0.15, 0.2) is 11.6 Å².